The van der Waals surface area contributed by atoms with Crippen LogP contribution in [0.5, 0.6) is 0 Å². The van der Waals surface area contributed by atoms with Crippen molar-refractivity contribution in [1.82, 2.24) is 5.32 Å². The van der Waals surface area contributed by atoms with E-state index in [4.69, 9.17) is 17.3 Å². The third-order valence-electron chi connectivity index (χ3n) is 1.58. The Balaban J connectivity index is 2.58. The van der Waals surface area contributed by atoms with Crippen LogP contribution in [-0.2, 0) is 4.79 Å². The summed E-state index contributed by atoms with van der Waals surface area (Å²) in [7, 11) is 0. The lowest BCUT2D eigenvalue weighted by atomic mass is 10.3. The van der Waals surface area contributed by atoms with Gasteiger partial charge in [-0.1, -0.05) is 11.6 Å². The van der Waals surface area contributed by atoms with Crippen LogP contribution in [0.1, 0.15) is 17.8 Å². The van der Waals surface area contributed by atoms with Gasteiger partial charge in [0.1, 0.15) is 0 Å². The molecule has 3 N–H and O–H groups in total. The molecule has 1 atom stereocenters. The SMILES string of the molecule is CC(NC(=O)CN)c1ccc(Cl)s1. The van der Waals surface area contributed by atoms with Crippen LogP contribution < -0.4 is 11.1 Å². The van der Waals surface area contributed by atoms with Crippen LogP contribution in [0.25, 0.3) is 0 Å². The van der Waals surface area contributed by atoms with Gasteiger partial charge in [0.15, 0.2) is 0 Å². The summed E-state index contributed by atoms with van der Waals surface area (Å²) in [5.41, 5.74) is 5.17. The number of hydrogen-bond acceptors (Lipinski definition) is 3. The summed E-state index contributed by atoms with van der Waals surface area (Å²) >= 11 is 7.21. The molecule has 0 aliphatic heterocycles. The van der Waals surface area contributed by atoms with Gasteiger partial charge in [0.2, 0.25) is 5.91 Å². The molecule has 0 fully saturated rings. The van der Waals surface area contributed by atoms with Crippen LogP contribution in [0.15, 0.2) is 12.1 Å². The van der Waals surface area contributed by atoms with Crippen LogP contribution in [0, 0.1) is 0 Å². The Kier molecular flexibility index (Phi) is 3.71. The van der Waals surface area contributed by atoms with E-state index in [9.17, 15) is 4.79 Å². The van der Waals surface area contributed by atoms with Crippen molar-refractivity contribution >= 4 is 28.8 Å². The zero-order valence-electron chi connectivity index (χ0n) is 7.21. The molecule has 1 unspecified atom stereocenters. The maximum absolute atomic E-state index is 10.9. The maximum Gasteiger partial charge on any atom is 0.234 e. The van der Waals surface area contributed by atoms with E-state index in [0.717, 1.165) is 9.21 Å². The first-order valence-corrected chi connectivity index (χ1v) is 5.07. The number of nitrogens with two attached hydrogens (primary N) is 1. The fourth-order valence-electron chi connectivity index (χ4n) is 0.933. The highest BCUT2D eigenvalue weighted by atomic mass is 35.5. The summed E-state index contributed by atoms with van der Waals surface area (Å²) < 4.78 is 0.726. The first kappa shape index (κ1) is 10.5. The Bertz CT molecular complexity index is 300. The average molecular weight is 219 g/mol. The van der Waals surface area contributed by atoms with E-state index in [1.807, 2.05) is 19.1 Å². The number of carbonyl (C=O) groups excluding carboxylic acids is 1. The number of hydrogen-bond donors (Lipinski definition) is 2. The van der Waals surface area contributed by atoms with E-state index in [-0.39, 0.29) is 18.5 Å². The lowest BCUT2D eigenvalue weighted by molar-refractivity contribution is -0.120. The Labute approximate surface area is 85.9 Å². The normalized spacial score (nSPS) is 12.5. The molecule has 0 saturated carbocycles. The van der Waals surface area contributed by atoms with E-state index < -0.39 is 0 Å². The van der Waals surface area contributed by atoms with Gasteiger partial charge in [-0.2, -0.15) is 0 Å². The highest BCUT2D eigenvalue weighted by Crippen LogP contribution is 2.26. The minimum absolute atomic E-state index is 0.0173. The molecule has 0 aromatic carbocycles. The molecule has 0 radical (unpaired) electrons. The smallest absolute Gasteiger partial charge is 0.234 e. The van der Waals surface area contributed by atoms with Gasteiger partial charge in [0.25, 0.3) is 0 Å². The molecule has 1 amide bonds. The molecule has 1 heterocycles. The first-order valence-electron chi connectivity index (χ1n) is 3.88. The lowest BCUT2D eigenvalue weighted by Gasteiger charge is -2.10. The fourth-order valence-corrected chi connectivity index (χ4v) is 2.00. The molecular formula is C8H11ClN2OS. The van der Waals surface area contributed by atoms with Crippen LogP contribution in [-0.4, -0.2) is 12.5 Å². The van der Waals surface area contributed by atoms with Crippen molar-refractivity contribution in [3.05, 3.63) is 21.3 Å². The van der Waals surface area contributed by atoms with E-state index in [0.29, 0.717) is 0 Å². The summed E-state index contributed by atoms with van der Waals surface area (Å²) in [5, 5.41) is 2.75. The van der Waals surface area contributed by atoms with Crippen LogP contribution in [0.4, 0.5) is 0 Å². The van der Waals surface area contributed by atoms with Crippen LogP contribution >= 0.6 is 22.9 Å². The van der Waals surface area contributed by atoms with Crippen molar-refractivity contribution in [2.75, 3.05) is 6.54 Å². The molecular weight excluding hydrogens is 208 g/mol. The predicted octanol–water partition coefficient (Wildman–Crippen LogP) is 1.54. The summed E-state index contributed by atoms with van der Waals surface area (Å²) in [4.78, 5) is 12.0. The molecule has 13 heavy (non-hydrogen) atoms. The Morgan fingerprint density at radius 3 is 2.92 bits per heavy atom. The second-order valence-electron chi connectivity index (χ2n) is 2.64. The largest absolute Gasteiger partial charge is 0.348 e. The predicted molar refractivity (Wildman–Crippen MR) is 54.9 cm³/mol. The molecule has 1 rings (SSSR count). The maximum atomic E-state index is 10.9. The van der Waals surface area contributed by atoms with Gasteiger partial charge < -0.3 is 11.1 Å². The Morgan fingerprint density at radius 1 is 1.77 bits per heavy atom. The van der Waals surface area contributed by atoms with Gasteiger partial charge in [-0.3, -0.25) is 4.79 Å². The highest BCUT2D eigenvalue weighted by molar-refractivity contribution is 7.16. The van der Waals surface area contributed by atoms with E-state index in [2.05, 4.69) is 5.32 Å². The van der Waals surface area contributed by atoms with Gasteiger partial charge in [-0.15, -0.1) is 11.3 Å². The number of rotatable bonds is 3. The van der Waals surface area contributed by atoms with Crippen LogP contribution in [0.3, 0.4) is 0 Å². The molecule has 0 spiro atoms. The molecule has 0 aliphatic rings. The van der Waals surface area contributed by atoms with E-state index in [1.165, 1.54) is 11.3 Å². The van der Waals surface area contributed by atoms with Gasteiger partial charge in [-0.05, 0) is 19.1 Å². The van der Waals surface area contributed by atoms with Gasteiger partial charge in [0.05, 0.1) is 16.9 Å². The molecule has 1 aromatic rings. The number of halogens is 1. The Hall–Kier alpha value is -0.580. The Morgan fingerprint density at radius 2 is 2.46 bits per heavy atom. The van der Waals surface area contributed by atoms with Crippen molar-refractivity contribution in [1.29, 1.82) is 0 Å². The van der Waals surface area contributed by atoms with E-state index in [1.54, 1.807) is 0 Å². The second-order valence-corrected chi connectivity index (χ2v) is 4.38. The lowest BCUT2D eigenvalue weighted by Crippen LogP contribution is -2.31. The number of amides is 1. The van der Waals surface area contributed by atoms with Crippen molar-refractivity contribution in [2.45, 2.75) is 13.0 Å². The zero-order chi connectivity index (χ0) is 9.84. The zero-order valence-corrected chi connectivity index (χ0v) is 8.78. The minimum atomic E-state index is -0.156. The highest BCUT2D eigenvalue weighted by Gasteiger charge is 2.09. The number of thiophene rings is 1. The van der Waals surface area contributed by atoms with Gasteiger partial charge >= 0.3 is 0 Å². The second kappa shape index (κ2) is 4.60. The van der Waals surface area contributed by atoms with Gasteiger partial charge in [0, 0.05) is 4.88 Å². The average Bonchev–Trinajstić information content (AvgIpc) is 2.51. The number of nitrogens with one attached hydrogen (secondary N) is 1. The molecule has 0 bridgehead atoms. The molecule has 0 aliphatic carbocycles. The monoisotopic (exact) mass is 218 g/mol. The quantitative estimate of drug-likeness (QED) is 0.809. The first-order chi connectivity index (χ1) is 6.13. The number of carbonyl (C=O) groups is 1. The van der Waals surface area contributed by atoms with Crippen molar-refractivity contribution in [3.63, 3.8) is 0 Å². The van der Waals surface area contributed by atoms with Gasteiger partial charge in [-0.25, -0.2) is 0 Å². The molecule has 72 valence electrons. The van der Waals surface area contributed by atoms with Crippen molar-refractivity contribution < 1.29 is 4.79 Å². The van der Waals surface area contributed by atoms with E-state index >= 15 is 0 Å². The topological polar surface area (TPSA) is 55.1 Å². The summed E-state index contributed by atoms with van der Waals surface area (Å²) in [5.74, 6) is -0.156. The molecule has 5 heteroatoms. The molecule has 1 aromatic heterocycles. The van der Waals surface area contributed by atoms with Crippen LogP contribution in [0.2, 0.25) is 4.34 Å². The third-order valence-corrected chi connectivity index (χ3v) is 3.00. The molecule has 3 nitrogen and oxygen atoms in total. The fraction of sp³-hybridized carbons (Fsp3) is 0.375. The summed E-state index contributed by atoms with van der Waals surface area (Å²) in [6.07, 6.45) is 0. The summed E-state index contributed by atoms with van der Waals surface area (Å²) in [6.45, 7) is 1.92. The standard InChI is InChI=1S/C8H11ClN2OS/c1-5(11-8(12)4-10)6-2-3-7(9)13-6/h2-3,5H,4,10H2,1H3,(H,11,12). The molecule has 0 saturated heterocycles. The summed E-state index contributed by atoms with van der Waals surface area (Å²) in [6, 6.07) is 3.69. The third kappa shape index (κ3) is 2.99. The minimum Gasteiger partial charge on any atom is -0.348 e. The van der Waals surface area contributed by atoms with Crippen molar-refractivity contribution in [3.8, 4) is 0 Å². The van der Waals surface area contributed by atoms with Crippen molar-refractivity contribution in [2.24, 2.45) is 5.73 Å².